The van der Waals surface area contributed by atoms with E-state index in [1.165, 1.54) is 0 Å². The molecule has 0 unspecified atom stereocenters. The summed E-state index contributed by atoms with van der Waals surface area (Å²) in [7, 11) is 0. The van der Waals surface area contributed by atoms with Crippen molar-refractivity contribution in [1.29, 1.82) is 0 Å². The van der Waals surface area contributed by atoms with Gasteiger partial charge < -0.3 is 5.32 Å². The minimum absolute atomic E-state index is 0.157. The maximum atomic E-state index is 11.8. The zero-order chi connectivity index (χ0) is 10.4. The van der Waals surface area contributed by atoms with Gasteiger partial charge in [-0.25, -0.2) is 9.50 Å². The molecule has 1 aromatic carbocycles. The lowest BCUT2D eigenvalue weighted by Gasteiger charge is -2.03. The molecule has 0 fully saturated rings. The second-order valence-corrected chi connectivity index (χ2v) is 2.83. The van der Waals surface area contributed by atoms with Gasteiger partial charge in [0.1, 0.15) is 0 Å². The second kappa shape index (κ2) is 5.34. The van der Waals surface area contributed by atoms with E-state index in [9.17, 15) is 14.3 Å². The summed E-state index contributed by atoms with van der Waals surface area (Å²) >= 11 is 0. The first-order valence-corrected chi connectivity index (χ1v) is 4.29. The number of carbonyl (C=O) groups is 1. The molecule has 0 spiro atoms. The van der Waals surface area contributed by atoms with Crippen molar-refractivity contribution in [3.8, 4) is 0 Å². The molecule has 0 saturated carbocycles. The van der Waals surface area contributed by atoms with Crippen molar-refractivity contribution in [2.75, 3.05) is 18.6 Å². The van der Waals surface area contributed by atoms with Gasteiger partial charge in [0.05, 0.1) is 6.61 Å². The van der Waals surface area contributed by atoms with Crippen LogP contribution in [0.15, 0.2) is 24.3 Å². The number of hydrogen-bond acceptors (Lipinski definition) is 1. The van der Waals surface area contributed by atoms with Crippen LogP contribution in [0.2, 0.25) is 0 Å². The van der Waals surface area contributed by atoms with Gasteiger partial charge in [0, 0.05) is 5.69 Å². The molecular weight excluding hydrogens is 185 g/mol. The van der Waals surface area contributed by atoms with Gasteiger partial charge in [-0.05, 0) is 24.1 Å². The Morgan fingerprint density at radius 1 is 1.29 bits per heavy atom. The Hall–Kier alpha value is -1.42. The van der Waals surface area contributed by atoms with E-state index in [2.05, 4.69) is 5.32 Å². The lowest BCUT2D eigenvalue weighted by molar-refractivity contribution is -0.117. The molecule has 0 heterocycles. The van der Waals surface area contributed by atoms with Crippen LogP contribution in [0.5, 0.6) is 0 Å². The fraction of sp³-hybridized carbons (Fsp3) is 0.300. The van der Waals surface area contributed by atoms with Gasteiger partial charge in [-0.15, -0.1) is 0 Å². The Bertz CT molecular complexity index is 297. The summed E-state index contributed by atoms with van der Waals surface area (Å²) in [6.07, 6.45) is 0.470. The van der Waals surface area contributed by atoms with Crippen molar-refractivity contribution in [3.05, 3.63) is 29.8 Å². The van der Waals surface area contributed by atoms with Gasteiger partial charge in [-0.1, -0.05) is 12.1 Å². The van der Waals surface area contributed by atoms with Gasteiger partial charge in [-0.2, -0.15) is 0 Å². The van der Waals surface area contributed by atoms with Crippen LogP contribution in [0.4, 0.5) is 10.1 Å². The molecule has 0 saturated heterocycles. The molecule has 4 heteroatoms. The van der Waals surface area contributed by atoms with Crippen molar-refractivity contribution >= 4 is 11.6 Å². The van der Waals surface area contributed by atoms with Crippen LogP contribution in [0.25, 0.3) is 0 Å². The highest BCUT2D eigenvalue weighted by Crippen LogP contribution is 2.09. The van der Waals surface area contributed by atoms with Gasteiger partial charge in [0.25, 0.3) is 5.91 Å². The van der Waals surface area contributed by atoms with Crippen molar-refractivity contribution in [3.63, 3.8) is 0 Å². The molecule has 0 atom stereocenters. The summed E-state index contributed by atoms with van der Waals surface area (Å²) < 4.78 is 11.8. The minimum atomic E-state index is -1.03. The molecule has 1 aromatic rings. The third-order valence-electron chi connectivity index (χ3n) is 1.75. The Labute approximate surface area is 81.6 Å². The van der Waals surface area contributed by atoms with Gasteiger partial charge in [0.15, 0.2) is 6.67 Å². The van der Waals surface area contributed by atoms with E-state index in [0.717, 1.165) is 5.56 Å². The number of halogens is 1. The van der Waals surface area contributed by atoms with Crippen LogP contribution >= 0.6 is 0 Å². The Morgan fingerprint density at radius 2 is 1.93 bits per heavy atom. The molecule has 1 amide bonds. The average Bonchev–Trinajstić information content (AvgIpc) is 2.21. The SMILES string of the molecule is [O]CCc1ccc(NC(=O)CF)cc1. The average molecular weight is 196 g/mol. The van der Waals surface area contributed by atoms with E-state index >= 15 is 0 Å². The van der Waals surface area contributed by atoms with Crippen molar-refractivity contribution in [2.24, 2.45) is 0 Å². The highest BCUT2D eigenvalue weighted by molar-refractivity contribution is 5.91. The molecule has 1 rings (SSSR count). The summed E-state index contributed by atoms with van der Waals surface area (Å²) in [5, 5.41) is 12.7. The summed E-state index contributed by atoms with van der Waals surface area (Å²) in [6, 6.07) is 6.79. The highest BCUT2D eigenvalue weighted by Gasteiger charge is 2.00. The smallest absolute Gasteiger partial charge is 0.255 e. The monoisotopic (exact) mass is 196 g/mol. The topological polar surface area (TPSA) is 49.0 Å². The van der Waals surface area contributed by atoms with Gasteiger partial charge in [0.2, 0.25) is 0 Å². The Morgan fingerprint density at radius 3 is 2.43 bits per heavy atom. The molecule has 75 valence electrons. The lowest BCUT2D eigenvalue weighted by atomic mass is 10.1. The first-order chi connectivity index (χ1) is 6.76. The molecule has 0 bridgehead atoms. The van der Waals surface area contributed by atoms with Crippen LogP contribution in [-0.4, -0.2) is 19.2 Å². The zero-order valence-corrected chi connectivity index (χ0v) is 7.63. The number of nitrogens with one attached hydrogen (secondary N) is 1. The number of hydrogen-bond donors (Lipinski definition) is 1. The van der Waals surface area contributed by atoms with Crippen LogP contribution < -0.4 is 5.32 Å². The number of amides is 1. The largest absolute Gasteiger partial charge is 0.324 e. The normalized spacial score (nSPS) is 9.86. The quantitative estimate of drug-likeness (QED) is 0.780. The van der Waals surface area contributed by atoms with E-state index < -0.39 is 12.6 Å². The second-order valence-electron chi connectivity index (χ2n) is 2.83. The number of alkyl halides is 1. The fourth-order valence-corrected chi connectivity index (χ4v) is 1.07. The molecule has 14 heavy (non-hydrogen) atoms. The van der Waals surface area contributed by atoms with Crippen molar-refractivity contribution < 1.29 is 14.3 Å². The molecule has 0 aromatic heterocycles. The number of benzene rings is 1. The highest BCUT2D eigenvalue weighted by atomic mass is 19.1. The van der Waals surface area contributed by atoms with E-state index in [0.29, 0.717) is 12.1 Å². The molecule has 0 aliphatic heterocycles. The lowest BCUT2D eigenvalue weighted by Crippen LogP contribution is -2.12. The first kappa shape index (κ1) is 10.7. The minimum Gasteiger partial charge on any atom is -0.324 e. The maximum absolute atomic E-state index is 11.8. The predicted octanol–water partition coefficient (Wildman–Crippen LogP) is 1.57. The van der Waals surface area contributed by atoms with Crippen LogP contribution in [-0.2, 0) is 16.3 Å². The Balaban J connectivity index is 2.59. The Kier molecular flexibility index (Phi) is 4.07. The zero-order valence-electron chi connectivity index (χ0n) is 7.63. The maximum Gasteiger partial charge on any atom is 0.255 e. The van der Waals surface area contributed by atoms with Crippen LogP contribution in [0.1, 0.15) is 5.56 Å². The van der Waals surface area contributed by atoms with Crippen LogP contribution in [0, 0.1) is 0 Å². The molecule has 1 radical (unpaired) electrons. The standard InChI is InChI=1S/C10H11FNO2/c11-7-10(14)12-9-3-1-8(2-4-9)5-6-13/h1-4H,5-7H2,(H,12,14). The summed E-state index contributed by atoms with van der Waals surface area (Å²) in [5.74, 6) is -0.665. The molecule has 0 aliphatic rings. The molecule has 0 aliphatic carbocycles. The summed E-state index contributed by atoms with van der Waals surface area (Å²) in [6.45, 7) is -1.18. The predicted molar refractivity (Wildman–Crippen MR) is 50.3 cm³/mol. The van der Waals surface area contributed by atoms with Crippen molar-refractivity contribution in [1.82, 2.24) is 0 Å². The summed E-state index contributed by atoms with van der Waals surface area (Å²) in [4.78, 5) is 10.7. The number of anilines is 1. The fourth-order valence-electron chi connectivity index (χ4n) is 1.07. The first-order valence-electron chi connectivity index (χ1n) is 4.29. The third kappa shape index (κ3) is 3.14. The number of rotatable bonds is 4. The molecule has 1 N–H and O–H groups in total. The van der Waals surface area contributed by atoms with Gasteiger partial charge in [-0.3, -0.25) is 4.79 Å². The van der Waals surface area contributed by atoms with E-state index in [1.807, 2.05) is 0 Å². The summed E-state index contributed by atoms with van der Waals surface area (Å²) in [5.41, 5.74) is 1.46. The van der Waals surface area contributed by atoms with Gasteiger partial charge >= 0.3 is 0 Å². The third-order valence-corrected chi connectivity index (χ3v) is 1.75. The molecular formula is C10H11FNO2. The van der Waals surface area contributed by atoms with Crippen molar-refractivity contribution in [2.45, 2.75) is 6.42 Å². The van der Waals surface area contributed by atoms with E-state index in [1.54, 1.807) is 24.3 Å². The van der Waals surface area contributed by atoms with E-state index in [-0.39, 0.29) is 6.61 Å². The molecule has 3 nitrogen and oxygen atoms in total. The number of carbonyl (C=O) groups excluding carboxylic acids is 1. The van der Waals surface area contributed by atoms with E-state index in [4.69, 9.17) is 0 Å². The van der Waals surface area contributed by atoms with Crippen LogP contribution in [0.3, 0.4) is 0 Å².